The minimum atomic E-state index is -0.781. The Kier molecular flexibility index (Phi) is 5.80. The van der Waals surface area contributed by atoms with Crippen LogP contribution in [-0.2, 0) is 9.53 Å². The van der Waals surface area contributed by atoms with E-state index in [1.165, 1.54) is 6.42 Å². The summed E-state index contributed by atoms with van der Waals surface area (Å²) < 4.78 is 5.36. The molecule has 3 atom stereocenters. The van der Waals surface area contributed by atoms with Crippen LogP contribution in [0.5, 0.6) is 0 Å². The fraction of sp³-hybridized carbons (Fsp3) is 0.579. The molecule has 0 aromatic heterocycles. The van der Waals surface area contributed by atoms with Crippen LogP contribution in [0.2, 0.25) is 0 Å². The van der Waals surface area contributed by atoms with Gasteiger partial charge in [-0.3, -0.25) is 4.79 Å². The van der Waals surface area contributed by atoms with Crippen LogP contribution in [0, 0.1) is 19.8 Å². The highest BCUT2D eigenvalue weighted by molar-refractivity contribution is 5.93. The molecule has 1 aliphatic carbocycles. The summed E-state index contributed by atoms with van der Waals surface area (Å²) in [5.41, 5.74) is 2.38. The van der Waals surface area contributed by atoms with Crippen LogP contribution >= 0.6 is 0 Å². The van der Waals surface area contributed by atoms with Crippen molar-refractivity contribution in [3.63, 3.8) is 0 Å². The lowest BCUT2D eigenvalue weighted by atomic mass is 9.86. The number of hydrogen-bond donors (Lipinski definition) is 1. The summed E-state index contributed by atoms with van der Waals surface area (Å²) in [5.74, 6) is -0.164. The minimum Gasteiger partial charge on any atom is -0.449 e. The molecular formula is C19H27NO3. The average Bonchev–Trinajstić information content (AvgIpc) is 2.51. The molecule has 1 aliphatic rings. The molecule has 4 nitrogen and oxygen atoms in total. The summed E-state index contributed by atoms with van der Waals surface area (Å²) in [5, 5.41) is 3.04. The van der Waals surface area contributed by atoms with E-state index in [4.69, 9.17) is 4.74 Å². The fourth-order valence-electron chi connectivity index (χ4n) is 3.06. The molecule has 0 bridgehead atoms. The van der Waals surface area contributed by atoms with E-state index in [1.807, 2.05) is 26.0 Å². The summed E-state index contributed by atoms with van der Waals surface area (Å²) in [4.78, 5) is 24.6. The maximum absolute atomic E-state index is 12.3. The largest absolute Gasteiger partial charge is 0.449 e. The van der Waals surface area contributed by atoms with Crippen LogP contribution in [0.15, 0.2) is 18.2 Å². The van der Waals surface area contributed by atoms with E-state index >= 15 is 0 Å². The van der Waals surface area contributed by atoms with Gasteiger partial charge in [-0.1, -0.05) is 37.5 Å². The van der Waals surface area contributed by atoms with Crippen molar-refractivity contribution in [2.45, 2.75) is 65.5 Å². The molecule has 0 aliphatic heterocycles. The highest BCUT2D eigenvalue weighted by atomic mass is 16.5. The Hall–Kier alpha value is -1.84. The molecule has 0 spiro atoms. The van der Waals surface area contributed by atoms with Crippen LogP contribution in [0.25, 0.3) is 0 Å². The van der Waals surface area contributed by atoms with E-state index in [0.717, 1.165) is 30.4 Å². The summed E-state index contributed by atoms with van der Waals surface area (Å²) >= 11 is 0. The molecule has 0 heterocycles. The highest BCUT2D eigenvalue weighted by Gasteiger charge is 2.26. The number of aryl methyl sites for hydroxylation is 2. The first kappa shape index (κ1) is 17.5. The van der Waals surface area contributed by atoms with Crippen molar-refractivity contribution < 1.29 is 14.3 Å². The van der Waals surface area contributed by atoms with Gasteiger partial charge in [-0.05, 0) is 51.2 Å². The number of ether oxygens (including phenoxy) is 1. The van der Waals surface area contributed by atoms with Gasteiger partial charge in [0.1, 0.15) is 0 Å². The molecule has 1 N–H and O–H groups in total. The molecule has 1 aromatic rings. The number of carbonyl (C=O) groups excluding carboxylic acids is 2. The van der Waals surface area contributed by atoms with E-state index < -0.39 is 12.1 Å². The second-order valence-corrected chi connectivity index (χ2v) is 6.74. The number of nitrogens with one attached hydrogen (secondary N) is 1. The van der Waals surface area contributed by atoms with E-state index in [-0.39, 0.29) is 11.9 Å². The maximum atomic E-state index is 12.3. The zero-order valence-corrected chi connectivity index (χ0v) is 14.5. The Morgan fingerprint density at radius 3 is 2.61 bits per heavy atom. The van der Waals surface area contributed by atoms with E-state index in [1.54, 1.807) is 13.0 Å². The molecule has 126 valence electrons. The van der Waals surface area contributed by atoms with Gasteiger partial charge in [0.25, 0.3) is 5.91 Å². The van der Waals surface area contributed by atoms with Crippen molar-refractivity contribution in [3.05, 3.63) is 34.9 Å². The van der Waals surface area contributed by atoms with Crippen LogP contribution in [0.4, 0.5) is 0 Å². The first-order valence-electron chi connectivity index (χ1n) is 8.47. The Bertz CT molecular complexity index is 582. The SMILES string of the molecule is Cc1ccc(C)c(C(=O)O[C@H](C)C(=O)N[C@H]2CCCC[C@@H]2C)c1. The first-order chi connectivity index (χ1) is 10.9. The Labute approximate surface area is 138 Å². The van der Waals surface area contributed by atoms with Crippen molar-refractivity contribution in [2.24, 2.45) is 5.92 Å². The van der Waals surface area contributed by atoms with Gasteiger partial charge >= 0.3 is 5.97 Å². The van der Waals surface area contributed by atoms with Gasteiger partial charge in [0.05, 0.1) is 5.56 Å². The number of amides is 1. The molecule has 1 aromatic carbocycles. The van der Waals surface area contributed by atoms with Gasteiger partial charge in [-0.15, -0.1) is 0 Å². The van der Waals surface area contributed by atoms with E-state index in [2.05, 4.69) is 12.2 Å². The monoisotopic (exact) mass is 317 g/mol. The molecule has 1 amide bonds. The minimum absolute atomic E-state index is 0.193. The number of benzene rings is 1. The highest BCUT2D eigenvalue weighted by Crippen LogP contribution is 2.23. The van der Waals surface area contributed by atoms with Gasteiger partial charge in [0.15, 0.2) is 6.10 Å². The molecular weight excluding hydrogens is 290 g/mol. The van der Waals surface area contributed by atoms with Gasteiger partial charge in [0.2, 0.25) is 0 Å². The summed E-state index contributed by atoms with van der Waals surface area (Å²) in [6, 6.07) is 5.83. The van der Waals surface area contributed by atoms with Crippen molar-refractivity contribution in [1.82, 2.24) is 5.32 Å². The van der Waals surface area contributed by atoms with E-state index in [9.17, 15) is 9.59 Å². The molecule has 1 saturated carbocycles. The quantitative estimate of drug-likeness (QED) is 0.864. The second-order valence-electron chi connectivity index (χ2n) is 6.74. The number of rotatable bonds is 4. The van der Waals surface area contributed by atoms with E-state index in [0.29, 0.717) is 11.5 Å². The lowest BCUT2D eigenvalue weighted by molar-refractivity contribution is -0.130. The zero-order chi connectivity index (χ0) is 17.0. The molecule has 23 heavy (non-hydrogen) atoms. The molecule has 0 unspecified atom stereocenters. The van der Waals surface area contributed by atoms with Crippen LogP contribution in [-0.4, -0.2) is 24.0 Å². The van der Waals surface area contributed by atoms with Crippen molar-refractivity contribution in [3.8, 4) is 0 Å². The number of carbonyl (C=O) groups is 2. The maximum Gasteiger partial charge on any atom is 0.339 e. The summed E-state index contributed by atoms with van der Waals surface area (Å²) in [6.07, 6.45) is 3.74. The average molecular weight is 317 g/mol. The zero-order valence-electron chi connectivity index (χ0n) is 14.5. The normalized spacial score (nSPS) is 22.3. The van der Waals surface area contributed by atoms with Crippen molar-refractivity contribution >= 4 is 11.9 Å². The molecule has 4 heteroatoms. The third kappa shape index (κ3) is 4.57. The Morgan fingerprint density at radius 2 is 1.91 bits per heavy atom. The molecule has 0 saturated heterocycles. The standard InChI is InChI=1S/C19H27NO3/c1-12-9-10-13(2)16(11-12)19(22)23-15(4)18(21)20-17-8-6-5-7-14(17)3/h9-11,14-15,17H,5-8H2,1-4H3,(H,20,21)/t14-,15+,17-/m0/s1. The van der Waals surface area contributed by atoms with Crippen molar-refractivity contribution in [1.29, 1.82) is 0 Å². The second kappa shape index (κ2) is 7.62. The summed E-state index contributed by atoms with van der Waals surface area (Å²) in [7, 11) is 0. The number of hydrogen-bond acceptors (Lipinski definition) is 3. The summed E-state index contributed by atoms with van der Waals surface area (Å²) in [6.45, 7) is 7.59. The predicted octanol–water partition coefficient (Wildman–Crippen LogP) is 3.54. The van der Waals surface area contributed by atoms with Gasteiger partial charge in [0, 0.05) is 6.04 Å². The third-order valence-corrected chi connectivity index (χ3v) is 4.71. The van der Waals surface area contributed by atoms with Gasteiger partial charge in [-0.2, -0.15) is 0 Å². The molecule has 0 radical (unpaired) electrons. The van der Waals surface area contributed by atoms with Gasteiger partial charge in [-0.25, -0.2) is 4.79 Å². The molecule has 1 fully saturated rings. The van der Waals surface area contributed by atoms with Crippen LogP contribution < -0.4 is 5.32 Å². The predicted molar refractivity (Wildman–Crippen MR) is 90.4 cm³/mol. The van der Waals surface area contributed by atoms with Crippen molar-refractivity contribution in [2.75, 3.05) is 0 Å². The first-order valence-corrected chi connectivity index (χ1v) is 8.47. The Balaban J connectivity index is 1.94. The van der Waals surface area contributed by atoms with Crippen LogP contribution in [0.3, 0.4) is 0 Å². The smallest absolute Gasteiger partial charge is 0.339 e. The lowest BCUT2D eigenvalue weighted by Gasteiger charge is -2.30. The van der Waals surface area contributed by atoms with Crippen LogP contribution in [0.1, 0.15) is 61.0 Å². The Morgan fingerprint density at radius 1 is 1.22 bits per heavy atom. The topological polar surface area (TPSA) is 55.4 Å². The van der Waals surface area contributed by atoms with Gasteiger partial charge < -0.3 is 10.1 Å². The molecule has 2 rings (SSSR count). The lowest BCUT2D eigenvalue weighted by Crippen LogP contribution is -2.46. The fourth-order valence-corrected chi connectivity index (χ4v) is 3.06. The number of esters is 1. The third-order valence-electron chi connectivity index (χ3n) is 4.71.